The lowest BCUT2D eigenvalue weighted by atomic mass is 10.2. The standard InChI is InChI=1S/C13H8BrF3O/c14-11-3-1-2-4-12(11)18-10-7-5-9(6-8-10)13(15,16)17/h1-8H. The molecule has 0 aromatic heterocycles. The Morgan fingerprint density at radius 2 is 1.50 bits per heavy atom. The third-order valence-corrected chi connectivity index (χ3v) is 2.90. The Hall–Kier alpha value is -1.49. The Morgan fingerprint density at radius 1 is 0.889 bits per heavy atom. The van der Waals surface area contributed by atoms with Crippen molar-refractivity contribution < 1.29 is 17.9 Å². The van der Waals surface area contributed by atoms with Gasteiger partial charge < -0.3 is 4.74 Å². The highest BCUT2D eigenvalue weighted by molar-refractivity contribution is 9.10. The van der Waals surface area contributed by atoms with Crippen molar-refractivity contribution in [3.8, 4) is 11.5 Å². The van der Waals surface area contributed by atoms with Crippen molar-refractivity contribution >= 4 is 15.9 Å². The highest BCUT2D eigenvalue weighted by Crippen LogP contribution is 2.33. The molecule has 0 N–H and O–H groups in total. The van der Waals surface area contributed by atoms with E-state index in [1.165, 1.54) is 12.1 Å². The number of rotatable bonds is 2. The van der Waals surface area contributed by atoms with Crippen LogP contribution < -0.4 is 4.74 Å². The molecule has 0 unspecified atom stereocenters. The van der Waals surface area contributed by atoms with Gasteiger partial charge in [-0.15, -0.1) is 0 Å². The Kier molecular flexibility index (Phi) is 3.61. The van der Waals surface area contributed by atoms with E-state index in [4.69, 9.17) is 4.74 Å². The fourth-order valence-corrected chi connectivity index (χ4v) is 1.73. The summed E-state index contributed by atoms with van der Waals surface area (Å²) in [5.74, 6) is 0.909. The van der Waals surface area contributed by atoms with E-state index in [0.717, 1.165) is 16.6 Å². The second-order valence-corrected chi connectivity index (χ2v) is 4.41. The Bertz CT molecular complexity index is 535. The SMILES string of the molecule is FC(F)(F)c1ccc(Oc2ccccc2Br)cc1. The summed E-state index contributed by atoms with van der Waals surface area (Å²) in [6.07, 6.45) is -4.33. The van der Waals surface area contributed by atoms with Crippen LogP contribution in [0.15, 0.2) is 53.0 Å². The quantitative estimate of drug-likeness (QED) is 0.734. The van der Waals surface area contributed by atoms with Crippen LogP contribution in [0.4, 0.5) is 13.2 Å². The number of hydrogen-bond donors (Lipinski definition) is 0. The van der Waals surface area contributed by atoms with Gasteiger partial charge in [0.05, 0.1) is 10.0 Å². The van der Waals surface area contributed by atoms with Crippen molar-refractivity contribution in [1.29, 1.82) is 0 Å². The van der Waals surface area contributed by atoms with E-state index < -0.39 is 11.7 Å². The van der Waals surface area contributed by atoms with Gasteiger partial charge in [0.25, 0.3) is 0 Å². The fourth-order valence-electron chi connectivity index (χ4n) is 1.37. The van der Waals surface area contributed by atoms with Gasteiger partial charge in [-0.2, -0.15) is 13.2 Å². The molecule has 5 heteroatoms. The van der Waals surface area contributed by atoms with Gasteiger partial charge in [-0.1, -0.05) is 12.1 Å². The molecule has 0 atom stereocenters. The van der Waals surface area contributed by atoms with Gasteiger partial charge in [-0.3, -0.25) is 0 Å². The molecule has 0 spiro atoms. The van der Waals surface area contributed by atoms with E-state index in [2.05, 4.69) is 15.9 Å². The number of alkyl halides is 3. The minimum Gasteiger partial charge on any atom is -0.456 e. The zero-order chi connectivity index (χ0) is 13.2. The molecule has 0 radical (unpaired) electrons. The van der Waals surface area contributed by atoms with E-state index in [1.54, 1.807) is 18.2 Å². The summed E-state index contributed by atoms with van der Waals surface area (Å²) in [6, 6.07) is 11.7. The third kappa shape index (κ3) is 3.04. The van der Waals surface area contributed by atoms with Crippen molar-refractivity contribution in [2.75, 3.05) is 0 Å². The maximum absolute atomic E-state index is 12.4. The van der Waals surface area contributed by atoms with Crippen LogP contribution >= 0.6 is 15.9 Å². The minimum absolute atomic E-state index is 0.356. The maximum Gasteiger partial charge on any atom is 0.416 e. The first-order chi connectivity index (χ1) is 8.47. The summed E-state index contributed by atoms with van der Waals surface area (Å²) >= 11 is 3.29. The molecule has 2 aromatic carbocycles. The molecule has 1 nitrogen and oxygen atoms in total. The molecular formula is C13H8BrF3O. The Morgan fingerprint density at radius 3 is 2.06 bits per heavy atom. The average molecular weight is 317 g/mol. The molecule has 2 rings (SSSR count). The lowest BCUT2D eigenvalue weighted by Crippen LogP contribution is -2.03. The lowest BCUT2D eigenvalue weighted by Gasteiger charge is -2.09. The van der Waals surface area contributed by atoms with Crippen molar-refractivity contribution in [1.82, 2.24) is 0 Å². The molecule has 0 saturated heterocycles. The smallest absolute Gasteiger partial charge is 0.416 e. The van der Waals surface area contributed by atoms with Crippen molar-refractivity contribution in [3.05, 3.63) is 58.6 Å². The molecule has 0 saturated carbocycles. The van der Waals surface area contributed by atoms with Crippen LogP contribution in [0.2, 0.25) is 0 Å². The number of para-hydroxylation sites is 1. The molecule has 18 heavy (non-hydrogen) atoms. The zero-order valence-electron chi connectivity index (χ0n) is 9.04. The number of halogens is 4. The summed E-state index contributed by atoms with van der Waals surface area (Å²) in [6.45, 7) is 0. The molecule has 0 aliphatic heterocycles. The molecule has 2 aromatic rings. The zero-order valence-corrected chi connectivity index (χ0v) is 10.6. The van der Waals surface area contributed by atoms with Crippen LogP contribution in [-0.4, -0.2) is 0 Å². The Labute approximate surface area is 110 Å². The number of ether oxygens (including phenoxy) is 1. The van der Waals surface area contributed by atoms with E-state index in [9.17, 15) is 13.2 Å². The summed E-state index contributed by atoms with van der Waals surface area (Å²) in [5, 5.41) is 0. The van der Waals surface area contributed by atoms with E-state index >= 15 is 0 Å². The van der Waals surface area contributed by atoms with Gasteiger partial charge in [-0.25, -0.2) is 0 Å². The van der Waals surface area contributed by atoms with Crippen LogP contribution in [0, 0.1) is 0 Å². The van der Waals surface area contributed by atoms with Crippen LogP contribution in [0.25, 0.3) is 0 Å². The number of benzene rings is 2. The topological polar surface area (TPSA) is 9.23 Å². The van der Waals surface area contributed by atoms with E-state index in [-0.39, 0.29) is 0 Å². The van der Waals surface area contributed by atoms with Gasteiger partial charge in [0.15, 0.2) is 0 Å². The van der Waals surface area contributed by atoms with Gasteiger partial charge in [0.2, 0.25) is 0 Å². The molecule has 0 bridgehead atoms. The third-order valence-electron chi connectivity index (χ3n) is 2.25. The van der Waals surface area contributed by atoms with Gasteiger partial charge in [-0.05, 0) is 52.3 Å². The summed E-state index contributed by atoms with van der Waals surface area (Å²) in [7, 11) is 0. The summed E-state index contributed by atoms with van der Waals surface area (Å²) in [5.41, 5.74) is -0.693. The molecule has 0 fully saturated rings. The second kappa shape index (κ2) is 5.02. The van der Waals surface area contributed by atoms with Gasteiger partial charge >= 0.3 is 6.18 Å². The minimum atomic E-state index is -4.33. The molecule has 0 heterocycles. The van der Waals surface area contributed by atoms with Crippen molar-refractivity contribution in [2.24, 2.45) is 0 Å². The fraction of sp³-hybridized carbons (Fsp3) is 0.0769. The second-order valence-electron chi connectivity index (χ2n) is 3.55. The molecule has 0 amide bonds. The highest BCUT2D eigenvalue weighted by atomic mass is 79.9. The van der Waals surface area contributed by atoms with E-state index in [0.29, 0.717) is 11.5 Å². The maximum atomic E-state index is 12.4. The van der Waals surface area contributed by atoms with Crippen molar-refractivity contribution in [3.63, 3.8) is 0 Å². The van der Waals surface area contributed by atoms with Crippen molar-refractivity contribution in [2.45, 2.75) is 6.18 Å². The van der Waals surface area contributed by atoms with Gasteiger partial charge in [0.1, 0.15) is 11.5 Å². The number of hydrogen-bond acceptors (Lipinski definition) is 1. The first kappa shape index (κ1) is 13.0. The highest BCUT2D eigenvalue weighted by Gasteiger charge is 2.30. The molecular weight excluding hydrogens is 309 g/mol. The van der Waals surface area contributed by atoms with E-state index in [1.807, 2.05) is 6.07 Å². The van der Waals surface area contributed by atoms with Gasteiger partial charge in [0, 0.05) is 0 Å². The molecule has 94 valence electrons. The largest absolute Gasteiger partial charge is 0.456 e. The monoisotopic (exact) mass is 316 g/mol. The average Bonchev–Trinajstić information content (AvgIpc) is 2.32. The summed E-state index contributed by atoms with van der Waals surface area (Å²) < 4.78 is 43.3. The predicted octanol–water partition coefficient (Wildman–Crippen LogP) is 5.26. The van der Waals surface area contributed by atoms with Crippen LogP contribution in [0.1, 0.15) is 5.56 Å². The first-order valence-electron chi connectivity index (χ1n) is 5.06. The lowest BCUT2D eigenvalue weighted by molar-refractivity contribution is -0.137. The summed E-state index contributed by atoms with van der Waals surface area (Å²) in [4.78, 5) is 0. The predicted molar refractivity (Wildman–Crippen MR) is 65.7 cm³/mol. The van der Waals surface area contributed by atoms with Crippen LogP contribution in [0.5, 0.6) is 11.5 Å². The first-order valence-corrected chi connectivity index (χ1v) is 5.86. The normalized spacial score (nSPS) is 11.3. The molecule has 0 aliphatic carbocycles. The Balaban J connectivity index is 2.19. The van der Waals surface area contributed by atoms with Crippen LogP contribution in [-0.2, 0) is 6.18 Å². The van der Waals surface area contributed by atoms with Crippen LogP contribution in [0.3, 0.4) is 0 Å². The molecule has 0 aliphatic rings.